The van der Waals surface area contributed by atoms with Crippen LogP contribution in [0.4, 0.5) is 0 Å². The number of hydrogen-bond acceptors (Lipinski definition) is 3. The summed E-state index contributed by atoms with van der Waals surface area (Å²) in [5.41, 5.74) is 6.20. The van der Waals surface area contributed by atoms with Gasteiger partial charge in [-0.15, -0.1) is 0 Å². The van der Waals surface area contributed by atoms with Crippen LogP contribution in [-0.4, -0.2) is 10.9 Å². The van der Waals surface area contributed by atoms with Crippen molar-refractivity contribution >= 4 is 28.1 Å². The molecule has 1 amide bonds. The molecule has 0 fully saturated rings. The molecule has 0 saturated heterocycles. The molecule has 3 aromatic rings. The van der Waals surface area contributed by atoms with Crippen LogP contribution in [-0.2, 0) is 0 Å². The molecular weight excluding hydrogens is 244 g/mol. The standard InChI is InChI=1S/C10H8N2O.C4H4S/c11-10(13)9-6-5-7-3-1-2-4-8(7)12-9;1-2-4-5-3-1/h1-6H,(H2,11,13);1-4H. The largest absolute Gasteiger partial charge is 0.364 e. The lowest BCUT2D eigenvalue weighted by atomic mass is 10.2. The molecule has 0 aliphatic heterocycles. The first kappa shape index (κ1) is 12.3. The van der Waals surface area contributed by atoms with Crippen LogP contribution in [0.15, 0.2) is 59.3 Å². The fourth-order valence-corrected chi connectivity index (χ4v) is 1.88. The van der Waals surface area contributed by atoms with Crippen molar-refractivity contribution in [1.82, 2.24) is 4.98 Å². The zero-order chi connectivity index (χ0) is 12.8. The quantitative estimate of drug-likeness (QED) is 0.727. The van der Waals surface area contributed by atoms with Crippen LogP contribution in [0.2, 0.25) is 0 Å². The third kappa shape index (κ3) is 3.15. The van der Waals surface area contributed by atoms with Gasteiger partial charge in [0.15, 0.2) is 0 Å². The number of benzene rings is 1. The van der Waals surface area contributed by atoms with Crippen LogP contribution in [0.1, 0.15) is 10.5 Å². The maximum absolute atomic E-state index is 10.8. The molecular formula is C14H12N2OS. The lowest BCUT2D eigenvalue weighted by Crippen LogP contribution is -2.12. The van der Waals surface area contributed by atoms with Gasteiger partial charge in [-0.1, -0.05) is 36.4 Å². The predicted molar refractivity (Wildman–Crippen MR) is 74.6 cm³/mol. The predicted octanol–water partition coefficient (Wildman–Crippen LogP) is 3.08. The normalized spacial score (nSPS) is 9.56. The van der Waals surface area contributed by atoms with Crippen molar-refractivity contribution in [3.05, 3.63) is 65.0 Å². The Morgan fingerprint density at radius 3 is 2.33 bits per heavy atom. The Bertz CT molecular complexity index is 618. The summed E-state index contributed by atoms with van der Waals surface area (Å²) in [6.07, 6.45) is 0. The molecule has 4 heteroatoms. The minimum Gasteiger partial charge on any atom is -0.364 e. The van der Waals surface area contributed by atoms with Gasteiger partial charge in [0, 0.05) is 5.39 Å². The highest BCUT2D eigenvalue weighted by Crippen LogP contribution is 2.11. The van der Waals surface area contributed by atoms with E-state index in [2.05, 4.69) is 4.98 Å². The summed E-state index contributed by atoms with van der Waals surface area (Å²) in [6, 6.07) is 15.1. The van der Waals surface area contributed by atoms with Crippen molar-refractivity contribution in [3.8, 4) is 0 Å². The van der Waals surface area contributed by atoms with Gasteiger partial charge in [0.1, 0.15) is 5.69 Å². The van der Waals surface area contributed by atoms with Crippen LogP contribution >= 0.6 is 11.3 Å². The number of hydrogen-bond donors (Lipinski definition) is 1. The lowest BCUT2D eigenvalue weighted by molar-refractivity contribution is 0.0996. The molecule has 90 valence electrons. The van der Waals surface area contributed by atoms with Crippen molar-refractivity contribution in [1.29, 1.82) is 0 Å². The van der Waals surface area contributed by atoms with Crippen LogP contribution in [0.3, 0.4) is 0 Å². The second kappa shape index (κ2) is 5.93. The average Bonchev–Trinajstić information content (AvgIpc) is 2.97. The molecule has 0 spiro atoms. The Morgan fingerprint density at radius 2 is 1.72 bits per heavy atom. The first-order valence-electron chi connectivity index (χ1n) is 5.40. The van der Waals surface area contributed by atoms with E-state index in [0.717, 1.165) is 10.9 Å². The molecule has 0 unspecified atom stereocenters. The zero-order valence-corrected chi connectivity index (χ0v) is 10.4. The van der Waals surface area contributed by atoms with Gasteiger partial charge in [0.2, 0.25) is 0 Å². The Morgan fingerprint density at radius 1 is 1.00 bits per heavy atom. The molecule has 2 heterocycles. The van der Waals surface area contributed by atoms with Gasteiger partial charge in [0.25, 0.3) is 5.91 Å². The van der Waals surface area contributed by atoms with E-state index in [1.54, 1.807) is 17.4 Å². The van der Waals surface area contributed by atoms with Crippen LogP contribution in [0.5, 0.6) is 0 Å². The van der Waals surface area contributed by atoms with E-state index in [-0.39, 0.29) is 0 Å². The minimum atomic E-state index is -0.495. The molecule has 0 radical (unpaired) electrons. The summed E-state index contributed by atoms with van der Waals surface area (Å²) in [5, 5.41) is 5.09. The highest BCUT2D eigenvalue weighted by atomic mass is 32.1. The van der Waals surface area contributed by atoms with Crippen molar-refractivity contribution in [2.75, 3.05) is 0 Å². The molecule has 0 atom stereocenters. The molecule has 0 saturated carbocycles. The summed E-state index contributed by atoms with van der Waals surface area (Å²) < 4.78 is 0. The highest BCUT2D eigenvalue weighted by molar-refractivity contribution is 7.07. The second-order valence-corrected chi connectivity index (χ2v) is 4.36. The van der Waals surface area contributed by atoms with E-state index in [1.807, 2.05) is 53.2 Å². The van der Waals surface area contributed by atoms with Gasteiger partial charge in [-0.05, 0) is 22.9 Å². The topological polar surface area (TPSA) is 56.0 Å². The summed E-state index contributed by atoms with van der Waals surface area (Å²) in [7, 11) is 0. The van der Waals surface area contributed by atoms with Crippen LogP contribution in [0, 0.1) is 0 Å². The SMILES string of the molecule is NC(=O)c1ccc2ccccc2n1.c1ccsc1. The molecule has 0 aliphatic carbocycles. The smallest absolute Gasteiger partial charge is 0.267 e. The molecule has 0 bridgehead atoms. The van der Waals surface area contributed by atoms with Crippen molar-refractivity contribution in [2.45, 2.75) is 0 Å². The third-order valence-corrected chi connectivity index (χ3v) is 2.90. The molecule has 1 aromatic carbocycles. The van der Waals surface area contributed by atoms with E-state index in [4.69, 9.17) is 5.73 Å². The lowest BCUT2D eigenvalue weighted by Gasteiger charge is -1.97. The number of fused-ring (bicyclic) bond motifs is 1. The number of aromatic nitrogens is 1. The first-order valence-corrected chi connectivity index (χ1v) is 6.34. The summed E-state index contributed by atoms with van der Waals surface area (Å²) in [4.78, 5) is 14.9. The number of rotatable bonds is 1. The number of para-hydroxylation sites is 1. The van der Waals surface area contributed by atoms with Gasteiger partial charge in [0.05, 0.1) is 5.52 Å². The van der Waals surface area contributed by atoms with E-state index >= 15 is 0 Å². The van der Waals surface area contributed by atoms with Gasteiger partial charge in [-0.3, -0.25) is 4.79 Å². The summed E-state index contributed by atoms with van der Waals surface area (Å²) in [6.45, 7) is 0. The molecule has 3 nitrogen and oxygen atoms in total. The first-order chi connectivity index (χ1) is 8.77. The number of carbonyl (C=O) groups is 1. The van der Waals surface area contributed by atoms with Gasteiger partial charge in [-0.2, -0.15) is 11.3 Å². The number of nitrogens with zero attached hydrogens (tertiary/aromatic N) is 1. The molecule has 2 N–H and O–H groups in total. The number of amides is 1. The summed E-state index contributed by atoms with van der Waals surface area (Å²) in [5.74, 6) is -0.495. The molecule has 18 heavy (non-hydrogen) atoms. The highest BCUT2D eigenvalue weighted by Gasteiger charge is 2.01. The van der Waals surface area contributed by atoms with E-state index in [1.165, 1.54) is 0 Å². The fourth-order valence-electron chi connectivity index (χ4n) is 1.43. The van der Waals surface area contributed by atoms with Crippen molar-refractivity contribution in [2.24, 2.45) is 5.73 Å². The Kier molecular flexibility index (Phi) is 4.04. The number of thiophene rings is 1. The third-order valence-electron chi connectivity index (χ3n) is 2.28. The van der Waals surface area contributed by atoms with E-state index in [0.29, 0.717) is 5.69 Å². The molecule has 0 aliphatic rings. The fraction of sp³-hybridized carbons (Fsp3) is 0. The van der Waals surface area contributed by atoms with Gasteiger partial charge >= 0.3 is 0 Å². The minimum absolute atomic E-state index is 0.304. The van der Waals surface area contributed by atoms with Gasteiger partial charge in [-0.25, -0.2) is 4.98 Å². The summed E-state index contributed by atoms with van der Waals surface area (Å²) >= 11 is 1.71. The Hall–Kier alpha value is -2.20. The van der Waals surface area contributed by atoms with Crippen molar-refractivity contribution in [3.63, 3.8) is 0 Å². The van der Waals surface area contributed by atoms with E-state index < -0.39 is 5.91 Å². The Balaban J connectivity index is 0.000000202. The zero-order valence-electron chi connectivity index (χ0n) is 9.61. The number of nitrogens with two attached hydrogens (primary N) is 1. The number of carbonyl (C=O) groups excluding carboxylic acids is 1. The van der Waals surface area contributed by atoms with Crippen LogP contribution in [0.25, 0.3) is 10.9 Å². The average molecular weight is 256 g/mol. The maximum Gasteiger partial charge on any atom is 0.267 e. The number of primary amides is 1. The monoisotopic (exact) mass is 256 g/mol. The molecule has 2 aromatic heterocycles. The van der Waals surface area contributed by atoms with E-state index in [9.17, 15) is 4.79 Å². The maximum atomic E-state index is 10.8. The van der Waals surface area contributed by atoms with Gasteiger partial charge < -0.3 is 5.73 Å². The molecule has 3 rings (SSSR count). The number of pyridine rings is 1. The Labute approximate surface area is 109 Å². The van der Waals surface area contributed by atoms with Crippen molar-refractivity contribution < 1.29 is 4.79 Å². The second-order valence-electron chi connectivity index (χ2n) is 3.55. The van der Waals surface area contributed by atoms with Crippen LogP contribution < -0.4 is 5.73 Å².